The Balaban J connectivity index is 2.64. The van der Waals surface area contributed by atoms with Gasteiger partial charge in [-0.3, -0.25) is 4.79 Å². The maximum atomic E-state index is 12.4. The molecule has 1 heterocycles. The Labute approximate surface area is 137 Å². The molecular formula is C18H26N2O3. The molecule has 1 aromatic rings. The van der Waals surface area contributed by atoms with E-state index < -0.39 is 0 Å². The molecule has 0 saturated heterocycles. The maximum absolute atomic E-state index is 12.4. The fourth-order valence-electron chi connectivity index (χ4n) is 3.19. The van der Waals surface area contributed by atoms with Crippen LogP contribution >= 0.6 is 0 Å². The third-order valence-electron chi connectivity index (χ3n) is 4.69. The number of ether oxygens (including phenoxy) is 1. The van der Waals surface area contributed by atoms with Crippen molar-refractivity contribution in [1.82, 2.24) is 0 Å². The summed E-state index contributed by atoms with van der Waals surface area (Å²) in [5.74, 6) is -0.0435. The zero-order valence-electron chi connectivity index (χ0n) is 14.6. The number of carbonyl (C=O) groups is 1. The van der Waals surface area contributed by atoms with Crippen molar-refractivity contribution in [2.24, 2.45) is 5.16 Å². The molecule has 1 N–H and O–H groups in total. The Morgan fingerprint density at radius 3 is 2.70 bits per heavy atom. The van der Waals surface area contributed by atoms with Crippen LogP contribution in [0.25, 0.3) is 0 Å². The predicted molar refractivity (Wildman–Crippen MR) is 91.7 cm³/mol. The van der Waals surface area contributed by atoms with Crippen molar-refractivity contribution >= 4 is 17.3 Å². The van der Waals surface area contributed by atoms with Crippen LogP contribution in [0.5, 0.6) is 0 Å². The van der Waals surface area contributed by atoms with Gasteiger partial charge in [-0.1, -0.05) is 32.0 Å². The quantitative estimate of drug-likeness (QED) is 0.527. The third kappa shape index (κ3) is 3.24. The van der Waals surface area contributed by atoms with Gasteiger partial charge in [0.2, 0.25) is 0 Å². The number of hydrogen-bond donors (Lipinski definition) is 1. The third-order valence-corrected chi connectivity index (χ3v) is 4.69. The van der Waals surface area contributed by atoms with Crippen molar-refractivity contribution in [3.8, 4) is 0 Å². The predicted octanol–water partition coefficient (Wildman–Crippen LogP) is 3.11. The second kappa shape index (κ2) is 6.71. The lowest BCUT2D eigenvalue weighted by atomic mass is 9.76. The lowest BCUT2D eigenvalue weighted by Gasteiger charge is -2.40. The average Bonchev–Trinajstić information content (AvgIpc) is 2.53. The lowest BCUT2D eigenvalue weighted by Crippen LogP contribution is -2.42. The first-order chi connectivity index (χ1) is 10.9. The van der Waals surface area contributed by atoms with Crippen LogP contribution in [0.3, 0.4) is 0 Å². The number of anilines is 1. The molecule has 23 heavy (non-hydrogen) atoms. The van der Waals surface area contributed by atoms with Crippen molar-refractivity contribution in [3.05, 3.63) is 28.8 Å². The molecule has 0 bridgehead atoms. The molecule has 1 aromatic carbocycles. The van der Waals surface area contributed by atoms with Crippen molar-refractivity contribution < 1.29 is 14.7 Å². The Hall–Kier alpha value is -1.88. The smallest absolute Gasteiger partial charge is 0.252 e. The van der Waals surface area contributed by atoms with Gasteiger partial charge >= 0.3 is 0 Å². The summed E-state index contributed by atoms with van der Waals surface area (Å²) in [6.07, 6.45) is 1.75. The minimum atomic E-state index is -0.0435. The van der Waals surface area contributed by atoms with Gasteiger partial charge in [0, 0.05) is 24.9 Å². The second-order valence-electron chi connectivity index (χ2n) is 6.68. The fraction of sp³-hybridized carbons (Fsp3) is 0.556. The van der Waals surface area contributed by atoms with E-state index in [0.29, 0.717) is 12.3 Å². The molecule has 1 amide bonds. The van der Waals surface area contributed by atoms with E-state index in [1.165, 1.54) is 12.7 Å². The summed E-state index contributed by atoms with van der Waals surface area (Å²) in [6.45, 7) is 9.00. The lowest BCUT2D eigenvalue weighted by molar-refractivity contribution is -0.122. The summed E-state index contributed by atoms with van der Waals surface area (Å²) in [6, 6.07) is 4.14. The minimum Gasteiger partial charge on any atom is -0.411 e. The van der Waals surface area contributed by atoms with E-state index in [0.717, 1.165) is 29.7 Å². The molecule has 0 unspecified atom stereocenters. The Morgan fingerprint density at radius 2 is 2.13 bits per heavy atom. The van der Waals surface area contributed by atoms with Crippen LogP contribution in [0.2, 0.25) is 0 Å². The average molecular weight is 318 g/mol. The number of rotatable bonds is 4. The van der Waals surface area contributed by atoms with Gasteiger partial charge in [0.25, 0.3) is 5.91 Å². The SMILES string of the molecule is CCc1cc2c(cc1/C(C)=N/O)N(C(=O)COC)CCC2(C)C. The van der Waals surface area contributed by atoms with Crippen LogP contribution in [0.15, 0.2) is 17.3 Å². The van der Waals surface area contributed by atoms with Crippen LogP contribution in [0, 0.1) is 0 Å². The number of hydrogen-bond acceptors (Lipinski definition) is 4. The molecule has 0 radical (unpaired) electrons. The van der Waals surface area contributed by atoms with Gasteiger partial charge in [-0.15, -0.1) is 0 Å². The fourth-order valence-corrected chi connectivity index (χ4v) is 3.19. The number of nitrogens with zero attached hydrogens (tertiary/aromatic N) is 2. The zero-order chi connectivity index (χ0) is 17.2. The number of benzene rings is 1. The van der Waals surface area contributed by atoms with Crippen LogP contribution in [-0.4, -0.2) is 37.1 Å². The molecule has 0 aliphatic carbocycles. The molecule has 0 saturated carbocycles. The van der Waals surface area contributed by atoms with Gasteiger partial charge in [-0.05, 0) is 42.4 Å². The highest BCUT2D eigenvalue weighted by Crippen LogP contribution is 2.41. The number of carbonyl (C=O) groups excluding carboxylic acids is 1. The summed E-state index contributed by atoms with van der Waals surface area (Å²) >= 11 is 0. The highest BCUT2D eigenvalue weighted by atomic mass is 16.5. The number of amides is 1. The minimum absolute atomic E-state index is 0.00585. The normalized spacial score (nSPS) is 17.1. The summed E-state index contributed by atoms with van der Waals surface area (Å²) in [7, 11) is 1.53. The summed E-state index contributed by atoms with van der Waals surface area (Å²) < 4.78 is 5.01. The zero-order valence-corrected chi connectivity index (χ0v) is 14.6. The van der Waals surface area contributed by atoms with Crippen LogP contribution in [-0.2, 0) is 21.4 Å². The maximum Gasteiger partial charge on any atom is 0.252 e. The van der Waals surface area contributed by atoms with E-state index in [4.69, 9.17) is 9.94 Å². The Bertz CT molecular complexity index is 635. The molecule has 0 fully saturated rings. The molecule has 0 atom stereocenters. The topological polar surface area (TPSA) is 62.1 Å². The van der Waals surface area contributed by atoms with E-state index in [9.17, 15) is 4.79 Å². The van der Waals surface area contributed by atoms with E-state index >= 15 is 0 Å². The molecule has 1 aliphatic rings. The Kier molecular flexibility index (Phi) is 5.09. The highest BCUT2D eigenvalue weighted by Gasteiger charge is 2.34. The number of methoxy groups -OCH3 is 1. The first-order valence-electron chi connectivity index (χ1n) is 8.01. The van der Waals surface area contributed by atoms with E-state index in [1.807, 2.05) is 6.07 Å². The molecule has 126 valence electrons. The molecule has 1 aliphatic heterocycles. The molecular weight excluding hydrogens is 292 g/mol. The molecule has 0 spiro atoms. The van der Waals surface area contributed by atoms with Gasteiger partial charge in [0.1, 0.15) is 6.61 Å². The summed E-state index contributed by atoms with van der Waals surface area (Å²) in [4.78, 5) is 14.2. The van der Waals surface area contributed by atoms with Gasteiger partial charge in [0.05, 0.1) is 5.71 Å². The molecule has 5 heteroatoms. The largest absolute Gasteiger partial charge is 0.411 e. The second-order valence-corrected chi connectivity index (χ2v) is 6.68. The monoisotopic (exact) mass is 318 g/mol. The van der Waals surface area contributed by atoms with Gasteiger partial charge in [-0.25, -0.2) is 0 Å². The summed E-state index contributed by atoms with van der Waals surface area (Å²) in [5.41, 5.74) is 4.66. The van der Waals surface area contributed by atoms with Crippen molar-refractivity contribution in [3.63, 3.8) is 0 Å². The highest BCUT2D eigenvalue weighted by molar-refractivity contribution is 6.03. The van der Waals surface area contributed by atoms with Gasteiger partial charge in [0.15, 0.2) is 0 Å². The number of fused-ring (bicyclic) bond motifs is 1. The van der Waals surface area contributed by atoms with Crippen molar-refractivity contribution in [1.29, 1.82) is 0 Å². The molecule has 0 aromatic heterocycles. The van der Waals surface area contributed by atoms with Crippen LogP contribution in [0.4, 0.5) is 5.69 Å². The first kappa shape index (κ1) is 17.5. The van der Waals surface area contributed by atoms with Crippen molar-refractivity contribution in [2.45, 2.75) is 46.0 Å². The standard InChI is InChI=1S/C18H26N2O3/c1-6-13-9-15-16(10-14(13)12(2)19-22)20(17(21)11-23-5)8-7-18(15,3)4/h9-10,22H,6-8,11H2,1-5H3/b19-12+. The number of oxime groups is 1. The van der Waals surface area contributed by atoms with Crippen molar-refractivity contribution in [2.75, 3.05) is 25.2 Å². The first-order valence-corrected chi connectivity index (χ1v) is 8.01. The van der Waals surface area contributed by atoms with E-state index in [2.05, 4.69) is 32.0 Å². The Morgan fingerprint density at radius 1 is 1.43 bits per heavy atom. The van der Waals surface area contributed by atoms with Gasteiger partial charge < -0.3 is 14.8 Å². The van der Waals surface area contributed by atoms with E-state index in [-0.39, 0.29) is 17.9 Å². The molecule has 2 rings (SSSR count). The van der Waals surface area contributed by atoms with E-state index in [1.54, 1.807) is 11.8 Å². The van der Waals surface area contributed by atoms with Crippen LogP contribution in [0.1, 0.15) is 50.8 Å². The van der Waals surface area contributed by atoms with Crippen LogP contribution < -0.4 is 4.90 Å². The molecule has 5 nitrogen and oxygen atoms in total. The van der Waals surface area contributed by atoms with Gasteiger partial charge in [-0.2, -0.15) is 0 Å². The number of aryl methyl sites for hydroxylation is 1. The summed E-state index contributed by atoms with van der Waals surface area (Å²) in [5, 5.41) is 12.5.